The van der Waals surface area contributed by atoms with Crippen LogP contribution in [-0.4, -0.2) is 10.2 Å². The lowest BCUT2D eigenvalue weighted by molar-refractivity contribution is 0.461. The van der Waals surface area contributed by atoms with E-state index in [9.17, 15) is 10.2 Å². The minimum atomic E-state index is 0.267. The van der Waals surface area contributed by atoms with Crippen molar-refractivity contribution < 1.29 is 10.2 Å². The van der Waals surface area contributed by atoms with E-state index in [0.29, 0.717) is 5.75 Å². The number of hydrogen-bond donors (Lipinski definition) is 2. The number of benzene rings is 2. The quantitative estimate of drug-likeness (QED) is 0.445. The molecule has 2 N–H and O–H groups in total. The molecule has 0 radical (unpaired) electrons. The maximum atomic E-state index is 10.4. The van der Waals surface area contributed by atoms with E-state index in [1.54, 1.807) is 6.07 Å². The van der Waals surface area contributed by atoms with E-state index < -0.39 is 0 Å². The lowest BCUT2D eigenvalue weighted by atomic mass is 9.99. The van der Waals surface area contributed by atoms with Gasteiger partial charge in [-0.15, -0.1) is 0 Å². The largest absolute Gasteiger partial charge is 0.507 e. The number of phenols is 2. The molecule has 0 spiro atoms. The van der Waals surface area contributed by atoms with Crippen LogP contribution in [0.15, 0.2) is 30.3 Å². The summed E-state index contributed by atoms with van der Waals surface area (Å²) in [6.45, 7) is 2.24. The van der Waals surface area contributed by atoms with Gasteiger partial charge in [-0.1, -0.05) is 76.1 Å². The summed E-state index contributed by atoms with van der Waals surface area (Å²) in [5.74, 6) is 0.597. The summed E-state index contributed by atoms with van der Waals surface area (Å²) in [4.78, 5) is 0. The van der Waals surface area contributed by atoms with Gasteiger partial charge in [-0.05, 0) is 24.5 Å². The van der Waals surface area contributed by atoms with Crippen molar-refractivity contribution in [3.05, 3.63) is 35.9 Å². The predicted octanol–water partition coefficient (Wildman–Crippen LogP) is 5.93. The third-order valence-corrected chi connectivity index (χ3v) is 4.37. The van der Waals surface area contributed by atoms with Gasteiger partial charge >= 0.3 is 0 Å². The zero-order valence-corrected chi connectivity index (χ0v) is 13.6. The van der Waals surface area contributed by atoms with Crippen molar-refractivity contribution in [3.63, 3.8) is 0 Å². The third kappa shape index (κ3) is 4.40. The Kier molecular flexibility index (Phi) is 6.57. The van der Waals surface area contributed by atoms with Gasteiger partial charge in [-0.2, -0.15) is 0 Å². The van der Waals surface area contributed by atoms with E-state index in [1.165, 1.54) is 44.9 Å². The van der Waals surface area contributed by atoms with Gasteiger partial charge in [-0.3, -0.25) is 0 Å². The first-order valence-electron chi connectivity index (χ1n) is 8.66. The van der Waals surface area contributed by atoms with E-state index in [2.05, 4.69) is 6.92 Å². The maximum Gasteiger partial charge on any atom is 0.126 e. The summed E-state index contributed by atoms with van der Waals surface area (Å²) >= 11 is 0. The molecule has 0 unspecified atom stereocenters. The highest BCUT2D eigenvalue weighted by molar-refractivity contribution is 5.93. The molecule has 0 aromatic heterocycles. The molecule has 2 aromatic rings. The van der Waals surface area contributed by atoms with Crippen molar-refractivity contribution in [1.82, 2.24) is 0 Å². The van der Waals surface area contributed by atoms with Crippen LogP contribution >= 0.6 is 0 Å². The molecule has 0 atom stereocenters. The van der Waals surface area contributed by atoms with E-state index in [4.69, 9.17) is 0 Å². The number of aromatic hydroxyl groups is 2. The average Bonchev–Trinajstić information content (AvgIpc) is 2.54. The lowest BCUT2D eigenvalue weighted by Crippen LogP contribution is -1.89. The Morgan fingerprint density at radius 1 is 0.773 bits per heavy atom. The van der Waals surface area contributed by atoms with Crippen LogP contribution in [0.25, 0.3) is 10.8 Å². The van der Waals surface area contributed by atoms with Crippen molar-refractivity contribution in [2.45, 2.75) is 64.7 Å². The second kappa shape index (κ2) is 8.67. The Balaban J connectivity index is 1.83. The van der Waals surface area contributed by atoms with Crippen LogP contribution in [0.4, 0.5) is 0 Å². The highest BCUT2D eigenvalue weighted by Gasteiger charge is 2.10. The van der Waals surface area contributed by atoms with Crippen LogP contribution in [0.3, 0.4) is 0 Å². The molecular formula is C20H28O2. The normalized spacial score (nSPS) is 11.1. The lowest BCUT2D eigenvalue weighted by Gasteiger charge is -2.10. The van der Waals surface area contributed by atoms with Crippen LogP contribution < -0.4 is 0 Å². The second-order valence-corrected chi connectivity index (χ2v) is 6.17. The topological polar surface area (TPSA) is 40.5 Å². The second-order valence-electron chi connectivity index (χ2n) is 6.17. The molecule has 0 fully saturated rings. The van der Waals surface area contributed by atoms with Gasteiger partial charge in [0.05, 0.1) is 0 Å². The molecule has 2 aromatic carbocycles. The molecule has 0 saturated heterocycles. The van der Waals surface area contributed by atoms with Crippen LogP contribution in [0, 0.1) is 0 Å². The summed E-state index contributed by atoms with van der Waals surface area (Å²) in [5.41, 5.74) is 0.863. The summed E-state index contributed by atoms with van der Waals surface area (Å²) in [5, 5.41) is 21.9. The minimum absolute atomic E-state index is 0.267. The van der Waals surface area contributed by atoms with Crippen molar-refractivity contribution in [2.24, 2.45) is 0 Å². The van der Waals surface area contributed by atoms with Gasteiger partial charge in [0.2, 0.25) is 0 Å². The van der Waals surface area contributed by atoms with Gasteiger partial charge in [0.25, 0.3) is 0 Å². The number of rotatable bonds is 9. The molecule has 2 heteroatoms. The van der Waals surface area contributed by atoms with E-state index in [-0.39, 0.29) is 5.75 Å². The molecular weight excluding hydrogens is 272 g/mol. The summed E-state index contributed by atoms with van der Waals surface area (Å²) in [7, 11) is 0. The molecule has 0 bridgehead atoms. The van der Waals surface area contributed by atoms with Gasteiger partial charge in [0.15, 0.2) is 0 Å². The zero-order valence-electron chi connectivity index (χ0n) is 13.6. The third-order valence-electron chi connectivity index (χ3n) is 4.37. The van der Waals surface area contributed by atoms with Crippen molar-refractivity contribution in [3.8, 4) is 11.5 Å². The molecule has 0 amide bonds. The Morgan fingerprint density at radius 2 is 1.36 bits per heavy atom. The van der Waals surface area contributed by atoms with Crippen LogP contribution in [0.2, 0.25) is 0 Å². The number of phenolic OH excluding ortho intramolecular Hbond substituents is 2. The highest BCUT2D eigenvalue weighted by atomic mass is 16.3. The zero-order chi connectivity index (χ0) is 15.8. The first-order valence-corrected chi connectivity index (χ1v) is 8.66. The molecule has 0 aliphatic heterocycles. The summed E-state index contributed by atoms with van der Waals surface area (Å²) in [6.07, 6.45) is 11.0. The summed E-state index contributed by atoms with van der Waals surface area (Å²) < 4.78 is 0. The van der Waals surface area contributed by atoms with Crippen molar-refractivity contribution >= 4 is 10.8 Å². The van der Waals surface area contributed by atoms with Gasteiger partial charge in [-0.25, -0.2) is 0 Å². The average molecular weight is 300 g/mol. The van der Waals surface area contributed by atoms with Crippen LogP contribution in [-0.2, 0) is 6.42 Å². The fraction of sp³-hybridized carbons (Fsp3) is 0.500. The van der Waals surface area contributed by atoms with E-state index in [0.717, 1.165) is 29.2 Å². The molecule has 120 valence electrons. The monoisotopic (exact) mass is 300 g/mol. The Morgan fingerprint density at radius 3 is 2.05 bits per heavy atom. The van der Waals surface area contributed by atoms with E-state index >= 15 is 0 Å². The number of unbranched alkanes of at least 4 members (excludes halogenated alkanes) is 7. The maximum absolute atomic E-state index is 10.4. The molecule has 0 aliphatic carbocycles. The molecule has 2 nitrogen and oxygen atoms in total. The Hall–Kier alpha value is -1.70. The highest BCUT2D eigenvalue weighted by Crippen LogP contribution is 2.35. The fourth-order valence-corrected chi connectivity index (χ4v) is 3.04. The van der Waals surface area contributed by atoms with Gasteiger partial charge < -0.3 is 10.2 Å². The van der Waals surface area contributed by atoms with Crippen LogP contribution in [0.5, 0.6) is 11.5 Å². The summed E-state index contributed by atoms with van der Waals surface area (Å²) in [6, 6.07) is 9.19. The van der Waals surface area contributed by atoms with Crippen molar-refractivity contribution in [1.29, 1.82) is 0 Å². The predicted molar refractivity (Wildman–Crippen MR) is 93.6 cm³/mol. The molecule has 2 rings (SSSR count). The van der Waals surface area contributed by atoms with Crippen molar-refractivity contribution in [2.75, 3.05) is 0 Å². The Bertz CT molecular complexity index is 590. The molecule has 0 saturated carbocycles. The molecule has 22 heavy (non-hydrogen) atoms. The fourth-order valence-electron chi connectivity index (χ4n) is 3.04. The molecule has 0 aliphatic rings. The van der Waals surface area contributed by atoms with Gasteiger partial charge in [0.1, 0.15) is 11.5 Å². The number of fused-ring (bicyclic) bond motifs is 1. The standard InChI is InChI=1S/C20H28O2/c1-2-3-4-5-6-7-8-9-12-16-15-19(21)17-13-10-11-14-18(17)20(16)22/h10-11,13-15,21-22H,2-9,12H2,1H3. The number of hydrogen-bond acceptors (Lipinski definition) is 2. The van der Waals surface area contributed by atoms with Crippen LogP contribution in [0.1, 0.15) is 63.9 Å². The SMILES string of the molecule is CCCCCCCCCCc1cc(O)c2ccccc2c1O. The smallest absolute Gasteiger partial charge is 0.126 e. The van der Waals surface area contributed by atoms with E-state index in [1.807, 2.05) is 24.3 Å². The Labute approximate surface area is 133 Å². The molecule has 0 heterocycles. The van der Waals surface area contributed by atoms with Gasteiger partial charge in [0, 0.05) is 10.8 Å². The number of aryl methyl sites for hydroxylation is 1. The first-order chi connectivity index (χ1) is 10.7. The first kappa shape index (κ1) is 16.7. The minimum Gasteiger partial charge on any atom is -0.507 e.